The Bertz CT molecular complexity index is 562. The Hall–Kier alpha value is -1.28. The molecule has 1 aliphatic rings. The van der Waals surface area contributed by atoms with Crippen LogP contribution in [-0.2, 0) is 0 Å². The highest BCUT2D eigenvalue weighted by Crippen LogP contribution is 2.33. The molecule has 0 aliphatic carbocycles. The van der Waals surface area contributed by atoms with Crippen LogP contribution in [0.25, 0.3) is 11.0 Å². The Balaban J connectivity index is 1.96. The van der Waals surface area contributed by atoms with Gasteiger partial charge >= 0.3 is 0 Å². The molecule has 3 rings (SSSR count). The number of fused-ring (bicyclic) bond motifs is 1. The minimum absolute atomic E-state index is 0.605. The maximum Gasteiger partial charge on any atom is 0.137 e. The van der Waals surface area contributed by atoms with Gasteiger partial charge in [-0.3, -0.25) is 0 Å². The number of nitrogens with zero attached hydrogens (tertiary/aromatic N) is 1. The molecule has 18 heavy (non-hydrogen) atoms. The molecule has 1 aromatic heterocycles. The van der Waals surface area contributed by atoms with Crippen molar-refractivity contribution < 1.29 is 4.42 Å². The van der Waals surface area contributed by atoms with Crippen molar-refractivity contribution in [3.8, 4) is 0 Å². The van der Waals surface area contributed by atoms with Gasteiger partial charge in [0.05, 0.1) is 0 Å². The van der Waals surface area contributed by atoms with E-state index in [1.165, 1.54) is 48.2 Å². The van der Waals surface area contributed by atoms with Crippen molar-refractivity contribution in [3.05, 3.63) is 35.1 Å². The first-order chi connectivity index (χ1) is 8.63. The summed E-state index contributed by atoms with van der Waals surface area (Å²) in [5.74, 6) is 1.79. The lowest BCUT2D eigenvalue weighted by atomic mass is 9.94. The molecular formula is C16H21NO. The summed E-state index contributed by atoms with van der Waals surface area (Å²) in [6, 6.07) is 6.68. The van der Waals surface area contributed by atoms with Crippen LogP contribution in [-0.4, -0.2) is 25.0 Å². The number of benzene rings is 1. The maximum atomic E-state index is 6.11. The monoisotopic (exact) mass is 243 g/mol. The van der Waals surface area contributed by atoms with Gasteiger partial charge in [0, 0.05) is 11.3 Å². The van der Waals surface area contributed by atoms with Crippen LogP contribution < -0.4 is 0 Å². The first-order valence-corrected chi connectivity index (χ1v) is 6.83. The Labute approximate surface area is 109 Å². The Morgan fingerprint density at radius 2 is 1.83 bits per heavy atom. The summed E-state index contributed by atoms with van der Waals surface area (Å²) in [5.41, 5.74) is 3.65. The molecule has 2 nitrogen and oxygen atoms in total. The summed E-state index contributed by atoms with van der Waals surface area (Å²) >= 11 is 0. The molecule has 1 aliphatic heterocycles. The van der Waals surface area contributed by atoms with Gasteiger partial charge in [-0.25, -0.2) is 0 Å². The molecule has 0 amide bonds. The quantitative estimate of drug-likeness (QED) is 0.756. The van der Waals surface area contributed by atoms with Crippen molar-refractivity contribution in [2.45, 2.75) is 32.6 Å². The second kappa shape index (κ2) is 4.43. The fraction of sp³-hybridized carbons (Fsp3) is 0.500. The first kappa shape index (κ1) is 11.8. The molecule has 0 unspecified atom stereocenters. The van der Waals surface area contributed by atoms with E-state index in [2.05, 4.69) is 44.0 Å². The Morgan fingerprint density at radius 3 is 2.56 bits per heavy atom. The second-order valence-corrected chi connectivity index (χ2v) is 5.73. The van der Waals surface area contributed by atoms with Crippen molar-refractivity contribution in [1.29, 1.82) is 0 Å². The zero-order chi connectivity index (χ0) is 12.7. The minimum atomic E-state index is 0.605. The third-order valence-corrected chi connectivity index (χ3v) is 4.09. The molecule has 1 fully saturated rings. The van der Waals surface area contributed by atoms with Gasteiger partial charge in [0.1, 0.15) is 11.3 Å². The largest absolute Gasteiger partial charge is 0.461 e. The number of furan rings is 1. The van der Waals surface area contributed by atoms with E-state index in [4.69, 9.17) is 4.42 Å². The molecule has 1 saturated heterocycles. The molecule has 96 valence electrons. The SMILES string of the molecule is Cc1cc(C)c2oc(C3CCN(C)CC3)cc2c1. The first-order valence-electron chi connectivity index (χ1n) is 6.83. The smallest absolute Gasteiger partial charge is 0.137 e. The molecule has 0 bridgehead atoms. The fourth-order valence-corrected chi connectivity index (χ4v) is 3.03. The molecule has 0 saturated carbocycles. The molecule has 0 radical (unpaired) electrons. The van der Waals surface area contributed by atoms with Gasteiger partial charge < -0.3 is 9.32 Å². The Kier molecular flexibility index (Phi) is 2.90. The van der Waals surface area contributed by atoms with Gasteiger partial charge in [0.2, 0.25) is 0 Å². The number of hydrogen-bond acceptors (Lipinski definition) is 2. The van der Waals surface area contributed by atoms with Crippen LogP contribution in [0.4, 0.5) is 0 Å². The fourth-order valence-electron chi connectivity index (χ4n) is 3.03. The van der Waals surface area contributed by atoms with Gasteiger partial charge in [-0.1, -0.05) is 11.6 Å². The van der Waals surface area contributed by atoms with E-state index in [-0.39, 0.29) is 0 Å². The second-order valence-electron chi connectivity index (χ2n) is 5.73. The Morgan fingerprint density at radius 1 is 1.11 bits per heavy atom. The molecule has 0 spiro atoms. The van der Waals surface area contributed by atoms with Crippen LogP contribution in [0.1, 0.15) is 35.6 Å². The summed E-state index contributed by atoms with van der Waals surface area (Å²) in [7, 11) is 2.20. The van der Waals surface area contributed by atoms with Crippen molar-refractivity contribution in [2.75, 3.05) is 20.1 Å². The summed E-state index contributed by atoms with van der Waals surface area (Å²) in [5, 5.41) is 1.27. The zero-order valence-corrected chi connectivity index (χ0v) is 11.5. The molecule has 1 aromatic carbocycles. The third-order valence-electron chi connectivity index (χ3n) is 4.09. The molecule has 0 N–H and O–H groups in total. The summed E-state index contributed by atoms with van der Waals surface area (Å²) < 4.78 is 6.11. The normalized spacial score (nSPS) is 18.6. The van der Waals surface area contributed by atoms with Crippen LogP contribution in [0.5, 0.6) is 0 Å². The lowest BCUT2D eigenvalue weighted by Crippen LogP contribution is -2.29. The van der Waals surface area contributed by atoms with E-state index < -0.39 is 0 Å². The number of rotatable bonds is 1. The number of likely N-dealkylation sites (tertiary alicyclic amines) is 1. The van der Waals surface area contributed by atoms with E-state index in [0.717, 1.165) is 5.58 Å². The van der Waals surface area contributed by atoms with E-state index >= 15 is 0 Å². The maximum absolute atomic E-state index is 6.11. The van der Waals surface area contributed by atoms with Crippen LogP contribution >= 0.6 is 0 Å². The lowest BCUT2D eigenvalue weighted by molar-refractivity contribution is 0.242. The topological polar surface area (TPSA) is 16.4 Å². The third kappa shape index (κ3) is 2.05. The molecule has 0 atom stereocenters. The highest BCUT2D eigenvalue weighted by molar-refractivity contribution is 5.82. The predicted molar refractivity (Wildman–Crippen MR) is 75.2 cm³/mol. The van der Waals surface area contributed by atoms with E-state index in [1.807, 2.05) is 0 Å². The van der Waals surface area contributed by atoms with Gasteiger partial charge in [-0.05, 0) is 64.5 Å². The number of hydrogen-bond donors (Lipinski definition) is 0. The van der Waals surface area contributed by atoms with Crippen molar-refractivity contribution in [2.24, 2.45) is 0 Å². The van der Waals surface area contributed by atoms with Gasteiger partial charge in [0.25, 0.3) is 0 Å². The zero-order valence-electron chi connectivity index (χ0n) is 11.5. The summed E-state index contributed by atoms with van der Waals surface area (Å²) in [4.78, 5) is 2.40. The predicted octanol–water partition coefficient (Wildman–Crippen LogP) is 3.86. The van der Waals surface area contributed by atoms with Gasteiger partial charge in [-0.15, -0.1) is 0 Å². The molecule has 2 aromatic rings. The summed E-state index contributed by atoms with van der Waals surface area (Å²) in [6.45, 7) is 6.64. The molecule has 2 heterocycles. The van der Waals surface area contributed by atoms with Crippen LogP contribution in [0.3, 0.4) is 0 Å². The highest BCUT2D eigenvalue weighted by atomic mass is 16.3. The molecule has 2 heteroatoms. The number of piperidine rings is 1. The molecular weight excluding hydrogens is 222 g/mol. The average molecular weight is 243 g/mol. The van der Waals surface area contributed by atoms with Gasteiger partial charge in [0.15, 0.2) is 0 Å². The number of aryl methyl sites for hydroxylation is 2. The van der Waals surface area contributed by atoms with Crippen molar-refractivity contribution in [3.63, 3.8) is 0 Å². The van der Waals surface area contributed by atoms with E-state index in [9.17, 15) is 0 Å². The standard InChI is InChI=1S/C16H21NO/c1-11-8-12(2)16-14(9-11)10-15(18-16)13-4-6-17(3)7-5-13/h8-10,13H,4-7H2,1-3H3. The lowest BCUT2D eigenvalue weighted by Gasteiger charge is -2.27. The van der Waals surface area contributed by atoms with E-state index in [1.54, 1.807) is 0 Å². The average Bonchev–Trinajstić information content (AvgIpc) is 2.74. The minimum Gasteiger partial charge on any atom is -0.461 e. The van der Waals surface area contributed by atoms with E-state index in [0.29, 0.717) is 5.92 Å². The van der Waals surface area contributed by atoms with Crippen LogP contribution in [0.2, 0.25) is 0 Å². The highest BCUT2D eigenvalue weighted by Gasteiger charge is 2.21. The van der Waals surface area contributed by atoms with Crippen LogP contribution in [0, 0.1) is 13.8 Å². The summed E-state index contributed by atoms with van der Waals surface area (Å²) in [6.07, 6.45) is 2.43. The van der Waals surface area contributed by atoms with Crippen molar-refractivity contribution >= 4 is 11.0 Å². The van der Waals surface area contributed by atoms with Crippen molar-refractivity contribution in [1.82, 2.24) is 4.90 Å². The van der Waals surface area contributed by atoms with Crippen LogP contribution in [0.15, 0.2) is 22.6 Å². The van der Waals surface area contributed by atoms with Gasteiger partial charge in [-0.2, -0.15) is 0 Å².